The third kappa shape index (κ3) is 4.63. The SMILES string of the molecule is CCNC(=NCc1nnc(C)n1C)N1CCN(C(C)C(=O)N2CCCC2)CC1. The Bertz CT molecular complexity index is 686. The maximum absolute atomic E-state index is 12.7. The number of carbonyl (C=O) groups is 1. The highest BCUT2D eigenvalue weighted by Gasteiger charge is 2.30. The highest BCUT2D eigenvalue weighted by atomic mass is 16.2. The van der Waals surface area contributed by atoms with Crippen molar-refractivity contribution in [2.75, 3.05) is 45.8 Å². The van der Waals surface area contributed by atoms with Gasteiger partial charge in [-0.1, -0.05) is 0 Å². The van der Waals surface area contributed by atoms with Crippen LogP contribution in [-0.2, 0) is 18.4 Å². The van der Waals surface area contributed by atoms with Gasteiger partial charge in [0.25, 0.3) is 0 Å². The Morgan fingerprint density at radius 1 is 1.11 bits per heavy atom. The van der Waals surface area contributed by atoms with E-state index in [0.717, 1.165) is 76.3 Å². The summed E-state index contributed by atoms with van der Waals surface area (Å²) in [5.74, 6) is 2.93. The highest BCUT2D eigenvalue weighted by molar-refractivity contribution is 5.82. The van der Waals surface area contributed by atoms with Crippen molar-refractivity contribution < 1.29 is 4.79 Å². The van der Waals surface area contributed by atoms with E-state index in [1.807, 2.05) is 30.4 Å². The van der Waals surface area contributed by atoms with Crippen molar-refractivity contribution in [1.29, 1.82) is 0 Å². The van der Waals surface area contributed by atoms with E-state index in [2.05, 4.69) is 32.2 Å². The van der Waals surface area contributed by atoms with Crippen molar-refractivity contribution >= 4 is 11.9 Å². The molecule has 0 aromatic carbocycles. The minimum Gasteiger partial charge on any atom is -0.357 e. The van der Waals surface area contributed by atoms with Gasteiger partial charge in [-0.25, -0.2) is 4.99 Å². The summed E-state index contributed by atoms with van der Waals surface area (Å²) in [6.07, 6.45) is 2.28. The third-order valence-electron chi connectivity index (χ3n) is 5.82. The molecule has 0 radical (unpaired) electrons. The second-order valence-corrected chi connectivity index (χ2v) is 7.62. The predicted molar refractivity (Wildman–Crippen MR) is 109 cm³/mol. The smallest absolute Gasteiger partial charge is 0.239 e. The molecule has 1 N–H and O–H groups in total. The van der Waals surface area contributed by atoms with Crippen molar-refractivity contribution in [3.63, 3.8) is 0 Å². The zero-order valence-corrected chi connectivity index (χ0v) is 17.7. The molecule has 2 saturated heterocycles. The number of carbonyl (C=O) groups excluding carboxylic acids is 1. The van der Waals surface area contributed by atoms with E-state index in [1.54, 1.807) is 0 Å². The number of nitrogens with one attached hydrogen (secondary N) is 1. The predicted octanol–water partition coefficient (Wildman–Crippen LogP) is 0.218. The van der Waals surface area contributed by atoms with Crippen molar-refractivity contribution in [3.05, 3.63) is 11.6 Å². The number of aryl methyl sites for hydroxylation is 1. The second kappa shape index (κ2) is 9.36. The van der Waals surface area contributed by atoms with Gasteiger partial charge < -0.3 is 19.7 Å². The molecule has 3 rings (SSSR count). The van der Waals surface area contributed by atoms with Crippen LogP contribution in [0.3, 0.4) is 0 Å². The number of hydrogen-bond donors (Lipinski definition) is 1. The monoisotopic (exact) mass is 390 g/mol. The Kier molecular flexibility index (Phi) is 6.88. The largest absolute Gasteiger partial charge is 0.357 e. The average Bonchev–Trinajstić information content (AvgIpc) is 3.36. The first-order valence-corrected chi connectivity index (χ1v) is 10.4. The van der Waals surface area contributed by atoms with Crippen LogP contribution >= 0.6 is 0 Å². The van der Waals surface area contributed by atoms with Crippen molar-refractivity contribution in [1.82, 2.24) is 34.8 Å². The highest BCUT2D eigenvalue weighted by Crippen LogP contribution is 2.14. The summed E-state index contributed by atoms with van der Waals surface area (Å²) in [5, 5.41) is 11.7. The van der Waals surface area contributed by atoms with Crippen LogP contribution in [-0.4, -0.2) is 93.2 Å². The molecule has 9 nitrogen and oxygen atoms in total. The molecule has 2 aliphatic heterocycles. The van der Waals surface area contributed by atoms with Gasteiger partial charge in [0.15, 0.2) is 11.8 Å². The Balaban J connectivity index is 1.56. The second-order valence-electron chi connectivity index (χ2n) is 7.62. The Labute approximate surface area is 167 Å². The molecule has 1 atom stereocenters. The molecule has 1 aromatic rings. The zero-order valence-electron chi connectivity index (χ0n) is 17.7. The summed E-state index contributed by atoms with van der Waals surface area (Å²) in [6.45, 7) is 12.7. The average molecular weight is 391 g/mol. The van der Waals surface area contributed by atoms with Crippen LogP contribution in [0.1, 0.15) is 38.3 Å². The van der Waals surface area contributed by atoms with E-state index in [1.165, 1.54) is 0 Å². The van der Waals surface area contributed by atoms with Gasteiger partial charge in [-0.2, -0.15) is 0 Å². The van der Waals surface area contributed by atoms with Gasteiger partial charge in [0.05, 0.1) is 6.04 Å². The summed E-state index contributed by atoms with van der Waals surface area (Å²) in [5.41, 5.74) is 0. The number of piperazine rings is 1. The van der Waals surface area contributed by atoms with Crippen LogP contribution in [0, 0.1) is 6.92 Å². The maximum Gasteiger partial charge on any atom is 0.239 e. The van der Waals surface area contributed by atoms with Crippen LogP contribution in [0.2, 0.25) is 0 Å². The van der Waals surface area contributed by atoms with E-state index in [9.17, 15) is 4.79 Å². The molecule has 2 fully saturated rings. The molecule has 156 valence electrons. The minimum atomic E-state index is -0.0404. The van der Waals surface area contributed by atoms with Gasteiger partial charge in [0, 0.05) is 52.9 Å². The summed E-state index contributed by atoms with van der Waals surface area (Å²) in [6, 6.07) is -0.0404. The van der Waals surface area contributed by atoms with Gasteiger partial charge in [0.2, 0.25) is 5.91 Å². The first kappa shape index (κ1) is 20.6. The minimum absolute atomic E-state index is 0.0404. The molecule has 1 aromatic heterocycles. The topological polar surface area (TPSA) is 81.9 Å². The zero-order chi connectivity index (χ0) is 20.1. The summed E-state index contributed by atoms with van der Waals surface area (Å²) >= 11 is 0. The first-order valence-electron chi connectivity index (χ1n) is 10.4. The van der Waals surface area contributed by atoms with Gasteiger partial charge >= 0.3 is 0 Å². The molecule has 0 bridgehead atoms. The number of aliphatic imine (C=N–C) groups is 1. The molecule has 28 heavy (non-hydrogen) atoms. The fourth-order valence-electron chi connectivity index (χ4n) is 3.84. The molecule has 2 aliphatic rings. The van der Waals surface area contributed by atoms with Crippen molar-refractivity contribution in [2.24, 2.45) is 12.0 Å². The Morgan fingerprint density at radius 3 is 2.36 bits per heavy atom. The summed E-state index contributed by atoms with van der Waals surface area (Å²) < 4.78 is 1.97. The lowest BCUT2D eigenvalue weighted by Crippen LogP contribution is -2.57. The fraction of sp³-hybridized carbons (Fsp3) is 0.789. The molecule has 3 heterocycles. The molecule has 0 spiro atoms. The first-order chi connectivity index (χ1) is 13.5. The quantitative estimate of drug-likeness (QED) is 0.572. The molecule has 1 unspecified atom stereocenters. The lowest BCUT2D eigenvalue weighted by atomic mass is 10.2. The number of aromatic nitrogens is 3. The molecule has 0 saturated carbocycles. The lowest BCUT2D eigenvalue weighted by molar-refractivity contribution is -0.135. The van der Waals surface area contributed by atoms with Crippen molar-refractivity contribution in [3.8, 4) is 0 Å². The van der Waals surface area contributed by atoms with Crippen LogP contribution in [0.25, 0.3) is 0 Å². The van der Waals surface area contributed by atoms with Crippen molar-refractivity contribution in [2.45, 2.75) is 46.2 Å². The fourth-order valence-corrected chi connectivity index (χ4v) is 3.84. The lowest BCUT2D eigenvalue weighted by Gasteiger charge is -2.39. The molecule has 1 amide bonds. The van der Waals surface area contributed by atoms with Gasteiger partial charge in [-0.15, -0.1) is 10.2 Å². The summed E-state index contributed by atoms with van der Waals surface area (Å²) in [4.78, 5) is 24.0. The molecular formula is C19H34N8O. The van der Waals surface area contributed by atoms with Crippen LogP contribution in [0.4, 0.5) is 0 Å². The molecule has 0 aliphatic carbocycles. The number of guanidine groups is 1. The standard InChI is InChI=1S/C19H34N8O/c1-5-20-19(21-14-17-23-22-16(3)24(17)4)27-12-10-25(11-13-27)15(2)18(28)26-8-6-7-9-26/h15H,5-14H2,1-4H3,(H,20,21). The van der Waals surface area contributed by atoms with E-state index >= 15 is 0 Å². The number of amides is 1. The van der Waals surface area contributed by atoms with Gasteiger partial charge in [0.1, 0.15) is 12.4 Å². The Morgan fingerprint density at radius 2 is 1.79 bits per heavy atom. The number of nitrogens with zero attached hydrogens (tertiary/aromatic N) is 7. The van der Waals surface area contributed by atoms with E-state index < -0.39 is 0 Å². The Hall–Kier alpha value is -2.16. The number of likely N-dealkylation sites (tertiary alicyclic amines) is 1. The summed E-state index contributed by atoms with van der Waals surface area (Å²) in [7, 11) is 1.96. The number of hydrogen-bond acceptors (Lipinski definition) is 5. The van der Waals surface area contributed by atoms with Crippen LogP contribution < -0.4 is 5.32 Å². The van der Waals surface area contributed by atoms with Gasteiger partial charge in [-0.3, -0.25) is 9.69 Å². The van der Waals surface area contributed by atoms with Crippen LogP contribution in [0.15, 0.2) is 4.99 Å². The van der Waals surface area contributed by atoms with E-state index in [4.69, 9.17) is 4.99 Å². The van der Waals surface area contributed by atoms with Crippen LogP contribution in [0.5, 0.6) is 0 Å². The molecular weight excluding hydrogens is 356 g/mol. The van der Waals surface area contributed by atoms with Gasteiger partial charge in [-0.05, 0) is 33.6 Å². The molecule has 9 heteroatoms. The number of rotatable bonds is 5. The maximum atomic E-state index is 12.7. The van der Waals surface area contributed by atoms with E-state index in [-0.39, 0.29) is 11.9 Å². The third-order valence-corrected chi connectivity index (χ3v) is 5.82. The van der Waals surface area contributed by atoms with E-state index in [0.29, 0.717) is 6.54 Å². The normalized spacial score (nSPS) is 19.9.